The van der Waals surface area contributed by atoms with Crippen LogP contribution in [0.15, 0.2) is 34.8 Å². The van der Waals surface area contributed by atoms with Crippen LogP contribution in [0.2, 0.25) is 0 Å². The number of nitrogens with two attached hydrogens (primary N) is 1. The number of hydrogen-bond donors (Lipinski definition) is 2. The molecule has 0 atom stereocenters. The molecule has 1 aliphatic rings. The standard InChI is InChI=1S/C15H16N4O3S/c1-15(2)8-22-14(20)19(15)13-17-11(7-23-13)9-3-5-10(6-4-9)12(16)18-21/h3-7,21H,8H2,1-2H3,(H2,16,18). The Morgan fingerprint density at radius 3 is 2.70 bits per heavy atom. The molecule has 1 amide bonds. The predicted molar refractivity (Wildman–Crippen MR) is 88.0 cm³/mol. The number of oxime groups is 1. The van der Waals surface area contributed by atoms with E-state index in [0.717, 1.165) is 11.3 Å². The normalized spacial score (nSPS) is 17.4. The van der Waals surface area contributed by atoms with Gasteiger partial charge in [-0.05, 0) is 13.8 Å². The summed E-state index contributed by atoms with van der Waals surface area (Å²) in [4.78, 5) is 18.0. The highest BCUT2D eigenvalue weighted by Gasteiger charge is 2.42. The average Bonchev–Trinajstić information content (AvgIpc) is 3.11. The molecule has 0 aliphatic carbocycles. The number of nitrogens with zero attached hydrogens (tertiary/aromatic N) is 3. The molecule has 0 unspecified atom stereocenters. The van der Waals surface area contributed by atoms with Crippen LogP contribution in [-0.2, 0) is 4.74 Å². The monoisotopic (exact) mass is 332 g/mol. The number of thiazole rings is 1. The maximum Gasteiger partial charge on any atom is 0.416 e. The van der Waals surface area contributed by atoms with Crippen LogP contribution >= 0.6 is 11.3 Å². The molecule has 3 N–H and O–H groups in total. The number of hydrogen-bond acceptors (Lipinski definition) is 6. The number of benzene rings is 1. The lowest BCUT2D eigenvalue weighted by molar-refractivity contribution is 0.175. The first kappa shape index (κ1) is 15.3. The van der Waals surface area contributed by atoms with E-state index in [9.17, 15) is 4.79 Å². The van der Waals surface area contributed by atoms with Gasteiger partial charge in [0, 0.05) is 16.5 Å². The van der Waals surface area contributed by atoms with Crippen molar-refractivity contribution in [3.8, 4) is 11.3 Å². The van der Waals surface area contributed by atoms with Crippen LogP contribution in [0, 0.1) is 0 Å². The number of aromatic nitrogens is 1. The van der Waals surface area contributed by atoms with Gasteiger partial charge in [-0.2, -0.15) is 0 Å². The molecular formula is C15H16N4O3S. The third-order valence-electron chi connectivity index (χ3n) is 3.60. The van der Waals surface area contributed by atoms with Gasteiger partial charge in [0.25, 0.3) is 0 Å². The summed E-state index contributed by atoms with van der Waals surface area (Å²) in [5.74, 6) is 0.0529. The molecular weight excluding hydrogens is 316 g/mol. The van der Waals surface area contributed by atoms with Gasteiger partial charge in [-0.15, -0.1) is 11.3 Å². The molecule has 0 radical (unpaired) electrons. The molecule has 1 aromatic carbocycles. The van der Waals surface area contributed by atoms with E-state index >= 15 is 0 Å². The van der Waals surface area contributed by atoms with Crippen molar-refractivity contribution in [1.82, 2.24) is 4.98 Å². The van der Waals surface area contributed by atoms with E-state index in [1.54, 1.807) is 17.0 Å². The first-order valence-corrected chi connectivity index (χ1v) is 7.81. The van der Waals surface area contributed by atoms with Gasteiger partial charge in [-0.3, -0.25) is 0 Å². The second kappa shape index (κ2) is 5.54. The van der Waals surface area contributed by atoms with Crippen LogP contribution in [0.25, 0.3) is 11.3 Å². The zero-order chi connectivity index (χ0) is 16.6. The number of cyclic esters (lactones) is 1. The fourth-order valence-electron chi connectivity index (χ4n) is 2.32. The lowest BCUT2D eigenvalue weighted by Crippen LogP contribution is -2.42. The van der Waals surface area contributed by atoms with Crippen molar-refractivity contribution in [3.05, 3.63) is 35.2 Å². The third-order valence-corrected chi connectivity index (χ3v) is 4.43. The van der Waals surface area contributed by atoms with Crippen molar-refractivity contribution in [3.63, 3.8) is 0 Å². The van der Waals surface area contributed by atoms with Gasteiger partial charge in [0.15, 0.2) is 11.0 Å². The van der Waals surface area contributed by atoms with E-state index in [1.165, 1.54) is 11.3 Å². The van der Waals surface area contributed by atoms with Gasteiger partial charge in [0.05, 0.1) is 11.2 Å². The van der Waals surface area contributed by atoms with Gasteiger partial charge in [-0.25, -0.2) is 14.7 Å². The van der Waals surface area contributed by atoms with Crippen LogP contribution in [0.5, 0.6) is 0 Å². The highest BCUT2D eigenvalue weighted by atomic mass is 32.1. The minimum Gasteiger partial charge on any atom is -0.447 e. The Balaban J connectivity index is 1.89. The molecule has 2 heterocycles. The van der Waals surface area contributed by atoms with Gasteiger partial charge in [0.2, 0.25) is 0 Å². The van der Waals surface area contributed by atoms with Crippen LogP contribution in [0.1, 0.15) is 19.4 Å². The highest BCUT2D eigenvalue weighted by Crippen LogP contribution is 2.35. The maximum absolute atomic E-state index is 11.9. The summed E-state index contributed by atoms with van der Waals surface area (Å²) in [6, 6.07) is 7.16. The van der Waals surface area contributed by atoms with Crippen LogP contribution in [-0.4, -0.2) is 34.3 Å². The van der Waals surface area contributed by atoms with Crippen molar-refractivity contribution < 1.29 is 14.7 Å². The van der Waals surface area contributed by atoms with Crippen molar-refractivity contribution in [2.24, 2.45) is 10.9 Å². The lowest BCUT2D eigenvalue weighted by Gasteiger charge is -2.24. The Morgan fingerprint density at radius 1 is 1.43 bits per heavy atom. The predicted octanol–water partition coefficient (Wildman–Crippen LogP) is 2.64. The number of amidine groups is 1. The van der Waals surface area contributed by atoms with E-state index in [0.29, 0.717) is 17.3 Å². The molecule has 1 aromatic heterocycles. The van der Waals surface area contributed by atoms with Crippen molar-refractivity contribution >= 4 is 28.4 Å². The molecule has 1 saturated heterocycles. The van der Waals surface area contributed by atoms with E-state index in [2.05, 4.69) is 10.1 Å². The number of carbonyl (C=O) groups is 1. The molecule has 8 heteroatoms. The van der Waals surface area contributed by atoms with E-state index in [4.69, 9.17) is 15.7 Å². The smallest absolute Gasteiger partial charge is 0.416 e. The minimum atomic E-state index is -0.415. The SMILES string of the molecule is CC1(C)COC(=O)N1c1nc(-c2ccc(C(N)=NO)cc2)cs1. The van der Waals surface area contributed by atoms with Crippen LogP contribution in [0.3, 0.4) is 0 Å². The first-order chi connectivity index (χ1) is 10.9. The third kappa shape index (κ3) is 2.72. The van der Waals surface area contributed by atoms with Crippen LogP contribution < -0.4 is 10.6 Å². The molecule has 3 rings (SSSR count). The first-order valence-electron chi connectivity index (χ1n) is 6.93. The van der Waals surface area contributed by atoms with Crippen LogP contribution in [0.4, 0.5) is 9.93 Å². The quantitative estimate of drug-likeness (QED) is 0.389. The fraction of sp³-hybridized carbons (Fsp3) is 0.267. The lowest BCUT2D eigenvalue weighted by atomic mass is 10.1. The maximum atomic E-state index is 11.9. The van der Waals surface area contributed by atoms with E-state index in [-0.39, 0.29) is 11.9 Å². The number of anilines is 1. The van der Waals surface area contributed by atoms with E-state index in [1.807, 2.05) is 31.4 Å². The summed E-state index contributed by atoms with van der Waals surface area (Å²) >= 11 is 1.39. The van der Waals surface area contributed by atoms with Gasteiger partial charge in [0.1, 0.15) is 6.61 Å². The summed E-state index contributed by atoms with van der Waals surface area (Å²) in [7, 11) is 0. The summed E-state index contributed by atoms with van der Waals surface area (Å²) in [5.41, 5.74) is 7.39. The average molecular weight is 332 g/mol. The van der Waals surface area contributed by atoms with Gasteiger partial charge >= 0.3 is 6.09 Å². The largest absolute Gasteiger partial charge is 0.447 e. The zero-order valence-corrected chi connectivity index (χ0v) is 13.5. The summed E-state index contributed by atoms with van der Waals surface area (Å²) in [6.07, 6.45) is -0.377. The number of rotatable bonds is 3. The fourth-order valence-corrected chi connectivity index (χ4v) is 3.30. The van der Waals surface area contributed by atoms with Crippen molar-refractivity contribution in [2.75, 3.05) is 11.5 Å². The second-order valence-electron chi connectivity index (χ2n) is 5.78. The molecule has 1 fully saturated rings. The Kier molecular flexibility index (Phi) is 3.69. The molecule has 7 nitrogen and oxygen atoms in total. The zero-order valence-electron chi connectivity index (χ0n) is 12.7. The summed E-state index contributed by atoms with van der Waals surface area (Å²) in [5, 5.41) is 14.1. The van der Waals surface area contributed by atoms with Crippen molar-refractivity contribution in [1.29, 1.82) is 0 Å². The van der Waals surface area contributed by atoms with Gasteiger partial charge < -0.3 is 15.7 Å². The minimum absolute atomic E-state index is 0.0529. The highest BCUT2D eigenvalue weighted by molar-refractivity contribution is 7.14. The molecule has 1 aliphatic heterocycles. The second-order valence-corrected chi connectivity index (χ2v) is 6.62. The number of ether oxygens (including phenoxy) is 1. The Morgan fingerprint density at radius 2 is 2.13 bits per heavy atom. The molecule has 2 aromatic rings. The summed E-state index contributed by atoms with van der Waals surface area (Å²) in [6.45, 7) is 4.21. The van der Waals surface area contributed by atoms with Gasteiger partial charge in [-0.1, -0.05) is 29.4 Å². The summed E-state index contributed by atoms with van der Waals surface area (Å²) < 4.78 is 5.11. The Labute approximate surface area is 137 Å². The molecule has 0 spiro atoms. The number of carbonyl (C=O) groups excluding carboxylic acids is 1. The Hall–Kier alpha value is -2.61. The topological polar surface area (TPSA) is 101 Å². The molecule has 0 saturated carbocycles. The number of amides is 1. The van der Waals surface area contributed by atoms with Crippen molar-refractivity contribution in [2.45, 2.75) is 19.4 Å². The molecule has 0 bridgehead atoms. The van der Waals surface area contributed by atoms with E-state index < -0.39 is 5.54 Å². The molecule has 120 valence electrons. The molecule has 23 heavy (non-hydrogen) atoms. The Bertz CT molecular complexity index is 767.